The van der Waals surface area contributed by atoms with E-state index < -0.39 is 0 Å². The van der Waals surface area contributed by atoms with Gasteiger partial charge in [-0.05, 0) is 24.4 Å². The minimum Gasteiger partial charge on any atom is -0.468 e. The lowest BCUT2D eigenvalue weighted by Crippen LogP contribution is -2.37. The molecule has 0 aromatic carbocycles. The smallest absolute Gasteiger partial charge is 0.319 e. The van der Waals surface area contributed by atoms with Crippen LogP contribution in [0, 0.1) is 11.3 Å². The summed E-state index contributed by atoms with van der Waals surface area (Å²) < 4.78 is 4.60. The van der Waals surface area contributed by atoms with E-state index in [1.54, 1.807) is 16.3 Å². The number of amides is 1. The normalized spacial score (nSPS) is 10.1. The number of methoxy groups -OCH3 is 1. The van der Waals surface area contributed by atoms with Gasteiger partial charge in [-0.25, -0.2) is 0 Å². The number of anilines is 1. The van der Waals surface area contributed by atoms with Crippen molar-refractivity contribution in [3.05, 3.63) is 17.0 Å². The Bertz CT molecular complexity index is 507. The molecule has 7 heteroatoms. The monoisotopic (exact) mass is 295 g/mol. The van der Waals surface area contributed by atoms with E-state index in [4.69, 9.17) is 5.26 Å². The second kappa shape index (κ2) is 8.30. The van der Waals surface area contributed by atoms with Gasteiger partial charge in [0.2, 0.25) is 5.91 Å². The number of thiophene rings is 1. The van der Waals surface area contributed by atoms with Gasteiger partial charge in [0.05, 0.1) is 25.8 Å². The lowest BCUT2D eigenvalue weighted by Gasteiger charge is -2.19. The third-order valence-electron chi connectivity index (χ3n) is 2.53. The summed E-state index contributed by atoms with van der Waals surface area (Å²) in [6.07, 6.45) is 0.826. The maximum atomic E-state index is 11.9. The summed E-state index contributed by atoms with van der Waals surface area (Å²) in [5.41, 5.74) is 0.443. The van der Waals surface area contributed by atoms with Crippen molar-refractivity contribution in [1.29, 1.82) is 5.26 Å². The van der Waals surface area contributed by atoms with Crippen LogP contribution in [0.5, 0.6) is 0 Å². The highest BCUT2D eigenvalue weighted by Crippen LogP contribution is 2.21. The van der Waals surface area contributed by atoms with Gasteiger partial charge in [0.15, 0.2) is 0 Å². The molecule has 0 spiro atoms. The summed E-state index contributed by atoms with van der Waals surface area (Å²) in [6, 6.07) is 3.66. The lowest BCUT2D eigenvalue weighted by atomic mass is 10.3. The fraction of sp³-hybridized carbons (Fsp3) is 0.462. The van der Waals surface area contributed by atoms with E-state index in [-0.39, 0.29) is 25.0 Å². The molecule has 1 aromatic heterocycles. The Balaban J connectivity index is 2.58. The van der Waals surface area contributed by atoms with Gasteiger partial charge in [0.25, 0.3) is 0 Å². The third kappa shape index (κ3) is 4.99. The fourth-order valence-corrected chi connectivity index (χ4v) is 2.39. The first-order valence-corrected chi connectivity index (χ1v) is 7.05. The molecule has 0 bridgehead atoms. The van der Waals surface area contributed by atoms with Gasteiger partial charge in [0, 0.05) is 0 Å². The molecule has 0 atom stereocenters. The number of hydrogen-bond donors (Lipinski definition) is 1. The highest BCUT2D eigenvalue weighted by Gasteiger charge is 2.15. The summed E-state index contributed by atoms with van der Waals surface area (Å²) in [5, 5.41) is 13.8. The minimum atomic E-state index is -0.375. The molecule has 0 saturated carbocycles. The zero-order valence-corrected chi connectivity index (χ0v) is 12.3. The van der Waals surface area contributed by atoms with Crippen molar-refractivity contribution >= 4 is 28.2 Å². The Hall–Kier alpha value is -1.91. The first kappa shape index (κ1) is 16.1. The van der Waals surface area contributed by atoms with Crippen LogP contribution in [0.15, 0.2) is 11.4 Å². The van der Waals surface area contributed by atoms with Crippen LogP contribution >= 0.6 is 11.3 Å². The summed E-state index contributed by atoms with van der Waals surface area (Å²) in [7, 11) is 1.32. The quantitative estimate of drug-likeness (QED) is 0.770. The summed E-state index contributed by atoms with van der Waals surface area (Å²) >= 11 is 1.30. The summed E-state index contributed by atoms with van der Waals surface area (Å²) in [6.45, 7) is 2.76. The Morgan fingerprint density at radius 2 is 2.25 bits per heavy atom. The van der Waals surface area contributed by atoms with E-state index in [2.05, 4.69) is 10.1 Å². The van der Waals surface area contributed by atoms with Crippen LogP contribution in [0.1, 0.15) is 18.9 Å². The van der Waals surface area contributed by atoms with Gasteiger partial charge in [-0.1, -0.05) is 6.92 Å². The zero-order chi connectivity index (χ0) is 15.0. The van der Waals surface area contributed by atoms with E-state index in [0.29, 0.717) is 17.1 Å². The molecule has 0 unspecified atom stereocenters. The number of carbonyl (C=O) groups is 2. The topological polar surface area (TPSA) is 82.4 Å². The van der Waals surface area contributed by atoms with Crippen LogP contribution in [-0.4, -0.2) is 43.5 Å². The maximum Gasteiger partial charge on any atom is 0.319 e. The molecule has 1 aromatic rings. The lowest BCUT2D eigenvalue weighted by molar-refractivity contribution is -0.142. The molecule has 0 fully saturated rings. The van der Waals surface area contributed by atoms with Gasteiger partial charge in [-0.2, -0.15) is 5.26 Å². The second-order valence-electron chi connectivity index (χ2n) is 4.11. The Morgan fingerprint density at radius 3 is 2.85 bits per heavy atom. The Kier molecular flexibility index (Phi) is 6.70. The molecule has 1 rings (SSSR count). The third-order valence-corrected chi connectivity index (χ3v) is 3.36. The minimum absolute atomic E-state index is 0.0767. The predicted octanol–water partition coefficient (Wildman–Crippen LogP) is 1.44. The van der Waals surface area contributed by atoms with Crippen LogP contribution in [-0.2, 0) is 14.3 Å². The molecule has 6 nitrogen and oxygen atoms in total. The molecule has 20 heavy (non-hydrogen) atoms. The van der Waals surface area contributed by atoms with E-state index in [1.165, 1.54) is 18.4 Å². The van der Waals surface area contributed by atoms with Crippen LogP contribution in [0.25, 0.3) is 0 Å². The number of rotatable bonds is 7. The van der Waals surface area contributed by atoms with Crippen LogP contribution in [0.4, 0.5) is 5.00 Å². The van der Waals surface area contributed by atoms with Crippen molar-refractivity contribution in [2.24, 2.45) is 0 Å². The van der Waals surface area contributed by atoms with E-state index in [0.717, 1.165) is 6.42 Å². The average molecular weight is 295 g/mol. The first-order chi connectivity index (χ1) is 9.60. The van der Waals surface area contributed by atoms with Crippen LogP contribution in [0.2, 0.25) is 0 Å². The number of nitrogens with one attached hydrogen (secondary N) is 1. The average Bonchev–Trinajstić information content (AvgIpc) is 2.85. The second-order valence-corrected chi connectivity index (χ2v) is 5.03. The van der Waals surface area contributed by atoms with Crippen molar-refractivity contribution < 1.29 is 14.3 Å². The van der Waals surface area contributed by atoms with Crippen LogP contribution < -0.4 is 5.32 Å². The van der Waals surface area contributed by atoms with Gasteiger partial charge in [0.1, 0.15) is 11.1 Å². The number of carbonyl (C=O) groups excluding carboxylic acids is 2. The van der Waals surface area contributed by atoms with Gasteiger partial charge < -0.3 is 10.1 Å². The number of esters is 1. The Morgan fingerprint density at radius 1 is 1.50 bits per heavy atom. The largest absolute Gasteiger partial charge is 0.468 e. The Labute approximate surface area is 121 Å². The number of nitriles is 1. The molecular formula is C13H17N3O3S. The molecule has 0 saturated heterocycles. The summed E-state index contributed by atoms with van der Waals surface area (Å²) in [4.78, 5) is 24.9. The highest BCUT2D eigenvalue weighted by molar-refractivity contribution is 7.14. The fourth-order valence-electron chi connectivity index (χ4n) is 1.64. The number of nitrogens with zero attached hydrogens (tertiary/aromatic N) is 2. The first-order valence-electron chi connectivity index (χ1n) is 6.17. The van der Waals surface area contributed by atoms with Crippen molar-refractivity contribution in [1.82, 2.24) is 4.90 Å². The molecule has 0 aliphatic carbocycles. The van der Waals surface area contributed by atoms with E-state index in [9.17, 15) is 9.59 Å². The van der Waals surface area contributed by atoms with Gasteiger partial charge in [-0.15, -0.1) is 11.3 Å². The van der Waals surface area contributed by atoms with Gasteiger partial charge >= 0.3 is 5.97 Å². The summed E-state index contributed by atoms with van der Waals surface area (Å²) in [5.74, 6) is -0.624. The van der Waals surface area contributed by atoms with Crippen molar-refractivity contribution in [2.45, 2.75) is 13.3 Å². The van der Waals surface area contributed by atoms with E-state index in [1.807, 2.05) is 13.0 Å². The molecular weight excluding hydrogens is 278 g/mol. The maximum absolute atomic E-state index is 11.9. The molecule has 1 heterocycles. The standard InChI is InChI=1S/C13H17N3O3S/c1-3-5-16(9-12(18)19-2)8-11(17)15-13-10(7-14)4-6-20-13/h4,6H,3,5,8-9H2,1-2H3,(H,15,17). The van der Waals surface area contributed by atoms with Crippen molar-refractivity contribution in [2.75, 3.05) is 32.1 Å². The molecule has 0 aliphatic rings. The van der Waals surface area contributed by atoms with Crippen molar-refractivity contribution in [3.63, 3.8) is 0 Å². The number of ether oxygens (including phenoxy) is 1. The molecule has 1 N–H and O–H groups in total. The molecule has 1 amide bonds. The highest BCUT2D eigenvalue weighted by atomic mass is 32.1. The van der Waals surface area contributed by atoms with Gasteiger partial charge in [-0.3, -0.25) is 14.5 Å². The van der Waals surface area contributed by atoms with Crippen molar-refractivity contribution in [3.8, 4) is 6.07 Å². The molecule has 0 radical (unpaired) electrons. The SMILES string of the molecule is CCCN(CC(=O)Nc1sccc1C#N)CC(=O)OC. The molecule has 0 aliphatic heterocycles. The van der Waals surface area contributed by atoms with E-state index >= 15 is 0 Å². The number of hydrogen-bond acceptors (Lipinski definition) is 6. The predicted molar refractivity (Wildman–Crippen MR) is 76.4 cm³/mol. The van der Waals surface area contributed by atoms with Crippen LogP contribution in [0.3, 0.4) is 0 Å². The molecule has 108 valence electrons. The zero-order valence-electron chi connectivity index (χ0n) is 11.5.